The van der Waals surface area contributed by atoms with Crippen molar-refractivity contribution >= 4 is 5.78 Å². The third-order valence-electron chi connectivity index (χ3n) is 5.82. The van der Waals surface area contributed by atoms with E-state index in [1.165, 1.54) is 12.8 Å². The zero-order chi connectivity index (χ0) is 14.0. The number of hydrogen-bond donors (Lipinski definition) is 0. The van der Waals surface area contributed by atoms with Crippen LogP contribution in [0.25, 0.3) is 0 Å². The molecule has 3 unspecified atom stereocenters. The van der Waals surface area contributed by atoms with Crippen molar-refractivity contribution in [3.05, 3.63) is 0 Å². The molecule has 0 bridgehead atoms. The van der Waals surface area contributed by atoms with Gasteiger partial charge < -0.3 is 9.47 Å². The van der Waals surface area contributed by atoms with Crippen LogP contribution < -0.4 is 0 Å². The summed E-state index contributed by atoms with van der Waals surface area (Å²) in [5.74, 6) is 1.94. The van der Waals surface area contributed by atoms with Crippen LogP contribution in [-0.2, 0) is 14.3 Å². The smallest absolute Gasteiger partial charge is 0.139 e. The number of ether oxygens (including phenoxy) is 2. The van der Waals surface area contributed by atoms with Gasteiger partial charge in [0.05, 0.1) is 5.60 Å². The van der Waals surface area contributed by atoms with Crippen LogP contribution in [0.2, 0.25) is 0 Å². The summed E-state index contributed by atoms with van der Waals surface area (Å²) < 4.78 is 11.5. The molecule has 0 radical (unpaired) electrons. The molecule has 0 aromatic rings. The largest absolute Gasteiger partial charge is 0.381 e. The molecule has 2 aliphatic heterocycles. The molecule has 0 N–H and O–H groups in total. The zero-order valence-corrected chi connectivity index (χ0v) is 12.7. The molecule has 20 heavy (non-hydrogen) atoms. The SMILES string of the molecule is CCC1CCC(C(=O)C2CCOC3(CCOCC3)C2)C1. The van der Waals surface area contributed by atoms with E-state index in [9.17, 15) is 4.79 Å². The number of carbonyl (C=O) groups excluding carboxylic acids is 1. The van der Waals surface area contributed by atoms with Gasteiger partial charge in [-0.3, -0.25) is 4.79 Å². The van der Waals surface area contributed by atoms with Gasteiger partial charge in [0.1, 0.15) is 5.78 Å². The first-order chi connectivity index (χ1) is 9.72. The highest BCUT2D eigenvalue weighted by Crippen LogP contribution is 2.41. The van der Waals surface area contributed by atoms with Crippen LogP contribution in [0.15, 0.2) is 0 Å². The molecule has 3 heteroatoms. The van der Waals surface area contributed by atoms with Crippen LogP contribution in [0.5, 0.6) is 0 Å². The number of Topliss-reactive ketones (excluding diaryl/α,β-unsaturated/α-hetero) is 1. The van der Waals surface area contributed by atoms with E-state index >= 15 is 0 Å². The molecule has 1 spiro atoms. The van der Waals surface area contributed by atoms with Gasteiger partial charge in [-0.05, 0) is 50.9 Å². The van der Waals surface area contributed by atoms with E-state index in [0.29, 0.717) is 11.7 Å². The average molecular weight is 280 g/mol. The van der Waals surface area contributed by atoms with Gasteiger partial charge >= 0.3 is 0 Å². The second-order valence-electron chi connectivity index (χ2n) is 7.02. The lowest BCUT2D eigenvalue weighted by Gasteiger charge is -2.43. The molecule has 3 rings (SSSR count). The maximum absolute atomic E-state index is 12.8. The third-order valence-corrected chi connectivity index (χ3v) is 5.82. The van der Waals surface area contributed by atoms with Crippen LogP contribution >= 0.6 is 0 Å². The van der Waals surface area contributed by atoms with Crippen molar-refractivity contribution in [3.8, 4) is 0 Å². The summed E-state index contributed by atoms with van der Waals surface area (Å²) in [5, 5.41) is 0. The Morgan fingerprint density at radius 3 is 2.60 bits per heavy atom. The van der Waals surface area contributed by atoms with Crippen molar-refractivity contribution < 1.29 is 14.3 Å². The number of ketones is 1. The Morgan fingerprint density at radius 2 is 1.90 bits per heavy atom. The second kappa shape index (κ2) is 6.15. The molecule has 1 aliphatic carbocycles. The Balaban J connectivity index is 1.60. The maximum atomic E-state index is 12.8. The summed E-state index contributed by atoms with van der Waals surface area (Å²) in [7, 11) is 0. The molecule has 114 valence electrons. The summed E-state index contributed by atoms with van der Waals surface area (Å²) in [6, 6.07) is 0. The number of rotatable bonds is 3. The van der Waals surface area contributed by atoms with Gasteiger partial charge in [0.15, 0.2) is 0 Å². The van der Waals surface area contributed by atoms with Crippen LogP contribution in [0.1, 0.15) is 58.3 Å². The maximum Gasteiger partial charge on any atom is 0.139 e. The minimum absolute atomic E-state index is 0.0421. The summed E-state index contributed by atoms with van der Waals surface area (Å²) >= 11 is 0. The van der Waals surface area contributed by atoms with Gasteiger partial charge in [-0.1, -0.05) is 13.3 Å². The normalized spacial score (nSPS) is 37.1. The second-order valence-corrected chi connectivity index (χ2v) is 7.02. The van der Waals surface area contributed by atoms with Gasteiger partial charge in [0.25, 0.3) is 0 Å². The zero-order valence-electron chi connectivity index (χ0n) is 12.7. The highest BCUT2D eigenvalue weighted by Gasteiger charge is 2.43. The highest BCUT2D eigenvalue weighted by atomic mass is 16.5. The van der Waals surface area contributed by atoms with Crippen molar-refractivity contribution in [2.75, 3.05) is 19.8 Å². The molecule has 2 heterocycles. The van der Waals surface area contributed by atoms with E-state index in [-0.39, 0.29) is 11.5 Å². The molecule has 3 nitrogen and oxygen atoms in total. The van der Waals surface area contributed by atoms with E-state index in [4.69, 9.17) is 9.47 Å². The van der Waals surface area contributed by atoms with E-state index in [1.807, 2.05) is 0 Å². The van der Waals surface area contributed by atoms with Crippen molar-refractivity contribution in [2.45, 2.75) is 63.9 Å². The van der Waals surface area contributed by atoms with Gasteiger partial charge in [-0.15, -0.1) is 0 Å². The minimum atomic E-state index is -0.0421. The van der Waals surface area contributed by atoms with E-state index < -0.39 is 0 Å². The predicted molar refractivity (Wildman–Crippen MR) is 77.6 cm³/mol. The molecule has 3 fully saturated rings. The van der Waals surface area contributed by atoms with Gasteiger partial charge in [-0.2, -0.15) is 0 Å². The van der Waals surface area contributed by atoms with Gasteiger partial charge in [0, 0.05) is 31.7 Å². The topological polar surface area (TPSA) is 35.5 Å². The fourth-order valence-electron chi connectivity index (χ4n) is 4.40. The molecule has 2 saturated heterocycles. The standard InChI is InChI=1S/C17H28O3/c1-2-13-3-4-14(11-13)16(18)15-5-8-20-17(12-15)6-9-19-10-7-17/h13-15H,2-12H2,1H3. The Hall–Kier alpha value is -0.410. The quantitative estimate of drug-likeness (QED) is 0.795. The number of carbonyl (C=O) groups is 1. The summed E-state index contributed by atoms with van der Waals surface area (Å²) in [4.78, 5) is 12.8. The summed E-state index contributed by atoms with van der Waals surface area (Å²) in [6.07, 6.45) is 8.59. The van der Waals surface area contributed by atoms with E-state index in [0.717, 1.165) is 64.3 Å². The lowest BCUT2D eigenvalue weighted by atomic mass is 9.76. The molecular formula is C17H28O3. The summed E-state index contributed by atoms with van der Waals surface area (Å²) in [5.41, 5.74) is -0.0421. The molecule has 0 aromatic heterocycles. The lowest BCUT2D eigenvalue weighted by Crippen LogP contribution is -2.46. The number of hydrogen-bond acceptors (Lipinski definition) is 3. The first-order valence-electron chi connectivity index (χ1n) is 8.48. The Morgan fingerprint density at radius 1 is 1.10 bits per heavy atom. The van der Waals surface area contributed by atoms with Gasteiger partial charge in [0.2, 0.25) is 0 Å². The van der Waals surface area contributed by atoms with Crippen LogP contribution in [0, 0.1) is 17.8 Å². The molecule has 3 atom stereocenters. The summed E-state index contributed by atoms with van der Waals surface area (Å²) in [6.45, 7) is 4.60. The van der Waals surface area contributed by atoms with Crippen molar-refractivity contribution in [2.24, 2.45) is 17.8 Å². The van der Waals surface area contributed by atoms with Gasteiger partial charge in [-0.25, -0.2) is 0 Å². The average Bonchev–Trinajstić information content (AvgIpc) is 2.96. The van der Waals surface area contributed by atoms with Crippen LogP contribution in [-0.4, -0.2) is 31.2 Å². The lowest BCUT2D eigenvalue weighted by molar-refractivity contribution is -0.158. The first kappa shape index (κ1) is 14.5. The fraction of sp³-hybridized carbons (Fsp3) is 0.941. The fourth-order valence-corrected chi connectivity index (χ4v) is 4.40. The Labute approximate surface area is 122 Å². The molecule has 0 aromatic carbocycles. The molecular weight excluding hydrogens is 252 g/mol. The van der Waals surface area contributed by atoms with Crippen LogP contribution in [0.3, 0.4) is 0 Å². The predicted octanol–water partition coefficient (Wildman–Crippen LogP) is 3.36. The molecule has 3 aliphatic rings. The Bertz CT molecular complexity index is 341. The van der Waals surface area contributed by atoms with Crippen molar-refractivity contribution in [3.63, 3.8) is 0 Å². The van der Waals surface area contributed by atoms with Crippen molar-refractivity contribution in [1.29, 1.82) is 0 Å². The van der Waals surface area contributed by atoms with Crippen molar-refractivity contribution in [1.82, 2.24) is 0 Å². The van der Waals surface area contributed by atoms with Crippen LogP contribution in [0.4, 0.5) is 0 Å². The monoisotopic (exact) mass is 280 g/mol. The van der Waals surface area contributed by atoms with E-state index in [1.54, 1.807) is 0 Å². The molecule has 0 amide bonds. The minimum Gasteiger partial charge on any atom is -0.381 e. The Kier molecular flexibility index (Phi) is 4.46. The molecule has 1 saturated carbocycles. The first-order valence-corrected chi connectivity index (χ1v) is 8.48. The third kappa shape index (κ3) is 2.94. The van der Waals surface area contributed by atoms with E-state index in [2.05, 4.69) is 6.92 Å². The highest BCUT2D eigenvalue weighted by molar-refractivity contribution is 5.83.